The molecule has 2 N–H and O–H groups in total. The Bertz CT molecular complexity index is 1250. The fourth-order valence-corrected chi connectivity index (χ4v) is 4.42. The highest BCUT2D eigenvalue weighted by Crippen LogP contribution is 2.32. The van der Waals surface area contributed by atoms with E-state index in [9.17, 15) is 13.2 Å². The van der Waals surface area contributed by atoms with E-state index in [2.05, 4.69) is 10.0 Å². The number of para-hydroxylation sites is 1. The fourth-order valence-electron chi connectivity index (χ4n) is 2.94. The lowest BCUT2D eigenvalue weighted by Gasteiger charge is -2.14. The number of aryl methyl sites for hydroxylation is 1. The number of hydrogen-bond donors (Lipinski definition) is 2. The third-order valence-corrected chi connectivity index (χ3v) is 6.34. The zero-order valence-electron chi connectivity index (χ0n) is 19.2. The average molecular weight is 503 g/mol. The Kier molecular flexibility index (Phi) is 8.55. The van der Waals surface area contributed by atoms with Crippen LogP contribution in [0.3, 0.4) is 0 Å². The molecular weight excluding hydrogens is 476 g/mol. The quantitative estimate of drug-likeness (QED) is 0.387. The Morgan fingerprint density at radius 3 is 2.38 bits per heavy atom. The van der Waals surface area contributed by atoms with Crippen LogP contribution in [0.2, 0.25) is 5.02 Å². The number of ether oxygens (including phenoxy) is 2. The third-order valence-electron chi connectivity index (χ3n) is 4.68. The minimum atomic E-state index is -3.61. The van der Waals surface area contributed by atoms with Crippen molar-refractivity contribution in [3.05, 3.63) is 77.3 Å². The Balaban J connectivity index is 1.65. The van der Waals surface area contributed by atoms with E-state index in [1.807, 2.05) is 32.0 Å². The molecule has 0 aliphatic carbocycles. The van der Waals surface area contributed by atoms with Crippen molar-refractivity contribution >= 4 is 33.2 Å². The van der Waals surface area contributed by atoms with Gasteiger partial charge in [0.2, 0.25) is 10.0 Å². The van der Waals surface area contributed by atoms with Gasteiger partial charge < -0.3 is 14.8 Å². The van der Waals surface area contributed by atoms with Crippen LogP contribution >= 0.6 is 11.6 Å². The molecular formula is C25H27ClN2O5S. The Morgan fingerprint density at radius 1 is 1.00 bits per heavy atom. The molecule has 0 atom stereocenters. The van der Waals surface area contributed by atoms with Crippen LogP contribution in [0.25, 0.3) is 0 Å². The highest BCUT2D eigenvalue weighted by molar-refractivity contribution is 7.89. The number of halogens is 1. The molecule has 3 aromatic carbocycles. The van der Waals surface area contributed by atoms with Gasteiger partial charge >= 0.3 is 0 Å². The number of anilines is 1. The molecule has 0 fully saturated rings. The van der Waals surface area contributed by atoms with E-state index in [1.165, 1.54) is 18.2 Å². The maximum absolute atomic E-state index is 12.5. The first-order chi connectivity index (χ1) is 16.1. The van der Waals surface area contributed by atoms with Gasteiger partial charge in [0.05, 0.1) is 10.6 Å². The average Bonchev–Trinajstić information content (AvgIpc) is 2.79. The van der Waals surface area contributed by atoms with Crippen molar-refractivity contribution < 1.29 is 22.7 Å². The molecule has 0 saturated heterocycles. The second-order valence-electron chi connectivity index (χ2n) is 8.07. The number of sulfonamides is 1. The Morgan fingerprint density at radius 2 is 1.71 bits per heavy atom. The van der Waals surface area contributed by atoms with Crippen LogP contribution in [0.15, 0.2) is 71.6 Å². The second kappa shape index (κ2) is 11.4. The first-order valence-corrected chi connectivity index (χ1v) is 12.6. The van der Waals surface area contributed by atoms with E-state index in [0.29, 0.717) is 40.1 Å². The number of nitrogens with one attached hydrogen (secondary N) is 2. The van der Waals surface area contributed by atoms with Gasteiger partial charge in [0.1, 0.15) is 11.5 Å². The number of rotatable bonds is 10. The highest BCUT2D eigenvalue weighted by atomic mass is 35.5. The largest absolute Gasteiger partial charge is 0.483 e. The van der Waals surface area contributed by atoms with Crippen LogP contribution in [-0.2, 0) is 14.8 Å². The molecule has 0 spiro atoms. The molecule has 0 aliphatic rings. The van der Waals surface area contributed by atoms with Crippen molar-refractivity contribution in [2.45, 2.75) is 25.7 Å². The molecule has 7 nitrogen and oxygen atoms in total. The van der Waals surface area contributed by atoms with Gasteiger partial charge in [-0.25, -0.2) is 13.1 Å². The van der Waals surface area contributed by atoms with Crippen molar-refractivity contribution in [1.29, 1.82) is 0 Å². The lowest BCUT2D eigenvalue weighted by molar-refractivity contribution is -0.118. The normalized spacial score (nSPS) is 11.3. The molecule has 9 heteroatoms. The van der Waals surface area contributed by atoms with E-state index in [-0.39, 0.29) is 17.4 Å². The van der Waals surface area contributed by atoms with Gasteiger partial charge in [0.15, 0.2) is 12.4 Å². The van der Waals surface area contributed by atoms with Gasteiger partial charge in [0, 0.05) is 11.6 Å². The van der Waals surface area contributed by atoms with Crippen LogP contribution in [0.4, 0.5) is 5.69 Å². The SMILES string of the molecule is Cc1cc(S(=O)(=O)NCC(C)C)ccc1OCC(=O)Nc1cc(Cl)ccc1Oc1ccccc1. The molecule has 3 rings (SSSR count). The molecule has 180 valence electrons. The van der Waals surface area contributed by atoms with Gasteiger partial charge in [-0.15, -0.1) is 0 Å². The maximum atomic E-state index is 12.5. The number of hydrogen-bond acceptors (Lipinski definition) is 5. The summed E-state index contributed by atoms with van der Waals surface area (Å²) in [5.41, 5.74) is 0.996. The van der Waals surface area contributed by atoms with Crippen molar-refractivity contribution in [3.63, 3.8) is 0 Å². The second-order valence-corrected chi connectivity index (χ2v) is 10.3. The molecule has 0 bridgehead atoms. The van der Waals surface area contributed by atoms with Crippen LogP contribution in [0.5, 0.6) is 17.2 Å². The predicted octanol–water partition coefficient (Wildman–Crippen LogP) is 5.39. The van der Waals surface area contributed by atoms with Gasteiger partial charge in [-0.05, 0) is 66.9 Å². The summed E-state index contributed by atoms with van der Waals surface area (Å²) in [5, 5.41) is 3.19. The third kappa shape index (κ3) is 7.21. The summed E-state index contributed by atoms with van der Waals surface area (Å²) in [5.74, 6) is 1.23. The van der Waals surface area contributed by atoms with Crippen LogP contribution in [0.1, 0.15) is 19.4 Å². The van der Waals surface area contributed by atoms with E-state index in [0.717, 1.165) is 0 Å². The molecule has 1 amide bonds. The molecule has 0 unspecified atom stereocenters. The molecule has 0 aliphatic heterocycles. The summed E-state index contributed by atoms with van der Waals surface area (Å²) in [6, 6.07) is 18.6. The van der Waals surface area contributed by atoms with Gasteiger partial charge in [-0.1, -0.05) is 43.6 Å². The van der Waals surface area contributed by atoms with E-state index in [1.54, 1.807) is 37.3 Å². The first-order valence-electron chi connectivity index (χ1n) is 10.7. The lowest BCUT2D eigenvalue weighted by atomic mass is 10.2. The highest BCUT2D eigenvalue weighted by Gasteiger charge is 2.16. The number of carbonyl (C=O) groups is 1. The van der Waals surface area contributed by atoms with Crippen LogP contribution in [-0.4, -0.2) is 27.5 Å². The fraction of sp³-hybridized carbons (Fsp3) is 0.240. The Hall–Kier alpha value is -3.07. The van der Waals surface area contributed by atoms with E-state index in [4.69, 9.17) is 21.1 Å². The zero-order valence-corrected chi connectivity index (χ0v) is 20.7. The van der Waals surface area contributed by atoms with E-state index < -0.39 is 15.9 Å². The summed E-state index contributed by atoms with van der Waals surface area (Å²) >= 11 is 6.10. The van der Waals surface area contributed by atoms with Gasteiger partial charge in [-0.2, -0.15) is 0 Å². The zero-order chi connectivity index (χ0) is 24.7. The molecule has 0 aromatic heterocycles. The standard InChI is InChI=1S/C25H27ClN2O5S/c1-17(2)15-27-34(30,31)21-10-12-23(18(3)13-21)32-16-25(29)28-22-14-19(26)9-11-24(22)33-20-7-5-4-6-8-20/h4-14,17,27H,15-16H2,1-3H3,(H,28,29). The van der Waals surface area contributed by atoms with Crippen molar-refractivity contribution in [2.75, 3.05) is 18.5 Å². The predicted molar refractivity (Wildman–Crippen MR) is 133 cm³/mol. The van der Waals surface area contributed by atoms with Gasteiger partial charge in [0.25, 0.3) is 5.91 Å². The van der Waals surface area contributed by atoms with Gasteiger partial charge in [-0.3, -0.25) is 4.79 Å². The number of amides is 1. The molecule has 34 heavy (non-hydrogen) atoms. The van der Waals surface area contributed by atoms with Crippen molar-refractivity contribution in [3.8, 4) is 17.2 Å². The Labute approximate surface area is 205 Å². The summed E-state index contributed by atoms with van der Waals surface area (Å²) in [6.45, 7) is 5.64. The van der Waals surface area contributed by atoms with E-state index >= 15 is 0 Å². The minimum Gasteiger partial charge on any atom is -0.483 e. The van der Waals surface area contributed by atoms with Crippen molar-refractivity contribution in [1.82, 2.24) is 4.72 Å². The molecule has 0 saturated carbocycles. The summed E-state index contributed by atoms with van der Waals surface area (Å²) in [7, 11) is -3.61. The lowest BCUT2D eigenvalue weighted by Crippen LogP contribution is -2.27. The van der Waals surface area contributed by atoms with Crippen LogP contribution < -0.4 is 19.5 Å². The smallest absolute Gasteiger partial charge is 0.262 e. The minimum absolute atomic E-state index is 0.143. The molecule has 0 radical (unpaired) electrons. The first kappa shape index (κ1) is 25.6. The van der Waals surface area contributed by atoms with Crippen LogP contribution in [0, 0.1) is 12.8 Å². The summed E-state index contributed by atoms with van der Waals surface area (Å²) in [4.78, 5) is 12.7. The summed E-state index contributed by atoms with van der Waals surface area (Å²) < 4.78 is 38.9. The molecule has 3 aromatic rings. The maximum Gasteiger partial charge on any atom is 0.262 e. The van der Waals surface area contributed by atoms with Crippen molar-refractivity contribution in [2.24, 2.45) is 5.92 Å². The topological polar surface area (TPSA) is 93.7 Å². The number of carbonyl (C=O) groups excluding carboxylic acids is 1. The number of benzene rings is 3. The summed E-state index contributed by atoms with van der Waals surface area (Å²) in [6.07, 6.45) is 0. The monoisotopic (exact) mass is 502 g/mol. The molecule has 0 heterocycles.